The number of rotatable bonds is 5. The van der Waals surface area contributed by atoms with E-state index in [1.807, 2.05) is 13.8 Å². The van der Waals surface area contributed by atoms with Gasteiger partial charge in [-0.15, -0.1) is 0 Å². The van der Waals surface area contributed by atoms with Gasteiger partial charge >= 0.3 is 6.09 Å². The summed E-state index contributed by atoms with van der Waals surface area (Å²) in [5.41, 5.74) is -1.95. The van der Waals surface area contributed by atoms with E-state index in [-0.39, 0.29) is 58.1 Å². The molecule has 2 aromatic heterocycles. The van der Waals surface area contributed by atoms with Gasteiger partial charge in [0, 0.05) is 61.4 Å². The molecule has 0 spiro atoms. The van der Waals surface area contributed by atoms with Crippen LogP contribution in [0.1, 0.15) is 51.8 Å². The predicted octanol–water partition coefficient (Wildman–Crippen LogP) is 6.83. The number of ether oxygens (including phenoxy) is 1. The van der Waals surface area contributed by atoms with Gasteiger partial charge in [-0.25, -0.2) is 22.0 Å². The van der Waals surface area contributed by atoms with E-state index in [0.717, 1.165) is 16.9 Å². The van der Waals surface area contributed by atoms with Crippen molar-refractivity contribution in [3.63, 3.8) is 0 Å². The number of hydrogen-bond donors (Lipinski definition) is 1. The van der Waals surface area contributed by atoms with Crippen LogP contribution in [0, 0.1) is 30.4 Å². The highest BCUT2D eigenvalue weighted by Crippen LogP contribution is 2.46. The molecule has 0 bridgehead atoms. The first kappa shape index (κ1) is 35.6. The summed E-state index contributed by atoms with van der Waals surface area (Å²) < 4.78 is 66.7. The van der Waals surface area contributed by atoms with Crippen LogP contribution in [-0.4, -0.2) is 72.1 Å². The molecule has 2 fully saturated rings. The summed E-state index contributed by atoms with van der Waals surface area (Å²) >= 11 is 6.74. The topological polar surface area (TPSA) is 122 Å². The van der Waals surface area contributed by atoms with Gasteiger partial charge in [0.2, 0.25) is 0 Å². The standard InChI is InChI=1S/C36H39ClF2N4O6S/c1-18(2)29-30(19(3)11-12-40-29)43-31-22(13-23(37)26(28(31)39)27-24(38)9-8-10-25(27)44)32(33(34(43)45)50(7,47)48)41-14-20-16-42(17-21(20)15-41)35(46)49-36(4,5)6/h8-13,18,20-21,44H,14-17H2,1-7H3/t20-,21+. The summed E-state index contributed by atoms with van der Waals surface area (Å²) in [5.74, 6) is -3.13. The second-order valence-corrected chi connectivity index (χ2v) is 16.9. The number of anilines is 1. The number of carbonyl (C=O) groups excluding carboxylic acids is 1. The minimum atomic E-state index is -4.28. The first-order valence-corrected chi connectivity index (χ1v) is 18.5. The van der Waals surface area contributed by atoms with E-state index in [4.69, 9.17) is 16.3 Å². The monoisotopic (exact) mass is 728 g/mol. The van der Waals surface area contributed by atoms with Crippen molar-refractivity contribution < 1.29 is 31.8 Å². The largest absolute Gasteiger partial charge is 0.507 e. The number of phenols is 1. The van der Waals surface area contributed by atoms with Gasteiger partial charge in [0.15, 0.2) is 20.5 Å². The van der Waals surface area contributed by atoms with Crippen molar-refractivity contribution in [2.45, 2.75) is 58.0 Å². The van der Waals surface area contributed by atoms with E-state index >= 15 is 8.78 Å². The van der Waals surface area contributed by atoms with Gasteiger partial charge in [0.1, 0.15) is 17.2 Å². The van der Waals surface area contributed by atoms with Crippen LogP contribution in [-0.2, 0) is 14.6 Å². The minimum absolute atomic E-state index is 0.00837. The molecule has 2 atom stereocenters. The number of aryl methyl sites for hydroxylation is 1. The second-order valence-electron chi connectivity index (χ2n) is 14.5. The average Bonchev–Trinajstić information content (AvgIpc) is 3.57. The van der Waals surface area contributed by atoms with Crippen LogP contribution in [0.15, 0.2) is 46.2 Å². The van der Waals surface area contributed by atoms with Gasteiger partial charge in [-0.1, -0.05) is 31.5 Å². The van der Waals surface area contributed by atoms with Crippen LogP contribution in [0.2, 0.25) is 5.02 Å². The van der Waals surface area contributed by atoms with Crippen molar-refractivity contribution in [3.8, 4) is 22.6 Å². The van der Waals surface area contributed by atoms with Crippen molar-refractivity contribution in [1.82, 2.24) is 14.5 Å². The number of aromatic nitrogens is 2. The van der Waals surface area contributed by atoms with Crippen LogP contribution >= 0.6 is 11.6 Å². The number of carbonyl (C=O) groups is 1. The molecule has 2 aliphatic heterocycles. The smallest absolute Gasteiger partial charge is 0.410 e. The van der Waals surface area contributed by atoms with Gasteiger partial charge in [0.25, 0.3) is 5.56 Å². The van der Waals surface area contributed by atoms with Gasteiger partial charge in [-0.2, -0.15) is 0 Å². The van der Waals surface area contributed by atoms with Gasteiger partial charge in [0.05, 0.1) is 33.2 Å². The molecule has 4 aromatic rings. The Morgan fingerprint density at radius 1 is 1.06 bits per heavy atom. The lowest BCUT2D eigenvalue weighted by atomic mass is 9.98. The Hall–Kier alpha value is -4.23. The first-order chi connectivity index (χ1) is 23.3. The van der Waals surface area contributed by atoms with E-state index in [9.17, 15) is 23.1 Å². The number of pyridine rings is 2. The van der Waals surface area contributed by atoms with Crippen LogP contribution in [0.25, 0.3) is 27.7 Å². The quantitative estimate of drug-likeness (QED) is 0.238. The fourth-order valence-electron chi connectivity index (χ4n) is 7.22. The van der Waals surface area contributed by atoms with Crippen molar-refractivity contribution in [1.29, 1.82) is 0 Å². The number of halogens is 3. The highest BCUT2D eigenvalue weighted by molar-refractivity contribution is 7.90. The fourth-order valence-corrected chi connectivity index (χ4v) is 8.51. The third kappa shape index (κ3) is 6.08. The number of nitrogens with zero attached hydrogens (tertiary/aromatic N) is 4. The average molecular weight is 729 g/mol. The molecule has 266 valence electrons. The summed E-state index contributed by atoms with van der Waals surface area (Å²) in [6, 6.07) is 6.45. The molecule has 1 amide bonds. The Morgan fingerprint density at radius 3 is 2.26 bits per heavy atom. The van der Waals surface area contributed by atoms with E-state index in [2.05, 4.69) is 4.98 Å². The number of hydrogen-bond acceptors (Lipinski definition) is 8. The number of sulfone groups is 1. The lowest BCUT2D eigenvalue weighted by molar-refractivity contribution is 0.0282. The molecule has 14 heteroatoms. The highest BCUT2D eigenvalue weighted by atomic mass is 35.5. The van der Waals surface area contributed by atoms with E-state index in [0.29, 0.717) is 24.3 Å². The molecule has 2 aliphatic rings. The van der Waals surface area contributed by atoms with Crippen molar-refractivity contribution in [3.05, 3.63) is 74.8 Å². The lowest BCUT2D eigenvalue weighted by Gasteiger charge is -2.29. The summed E-state index contributed by atoms with van der Waals surface area (Å²) in [6.07, 6.45) is 2.02. The zero-order valence-electron chi connectivity index (χ0n) is 28.8. The predicted molar refractivity (Wildman–Crippen MR) is 188 cm³/mol. The maximum atomic E-state index is 17.4. The van der Waals surface area contributed by atoms with Crippen molar-refractivity contribution in [2.24, 2.45) is 11.8 Å². The van der Waals surface area contributed by atoms with Crippen LogP contribution < -0.4 is 10.5 Å². The van der Waals surface area contributed by atoms with Gasteiger partial charge < -0.3 is 19.6 Å². The Balaban J connectivity index is 1.66. The highest BCUT2D eigenvalue weighted by Gasteiger charge is 2.45. The maximum Gasteiger partial charge on any atom is 0.410 e. The summed E-state index contributed by atoms with van der Waals surface area (Å²) in [7, 11) is -4.28. The number of likely N-dealkylation sites (tertiary alicyclic amines) is 1. The number of aromatic hydroxyl groups is 1. The SMILES string of the molecule is Cc1ccnc(C(C)C)c1-n1c(=O)c(S(C)(=O)=O)c(N2C[C@H]3CN(C(=O)OC(C)(C)C)C[C@H]3C2)c2cc(Cl)c(-c3c(O)cccc3F)c(F)c21. The summed E-state index contributed by atoms with van der Waals surface area (Å²) in [5, 5.41) is 10.4. The van der Waals surface area contributed by atoms with Crippen LogP contribution in [0.3, 0.4) is 0 Å². The lowest BCUT2D eigenvalue weighted by Crippen LogP contribution is -2.38. The van der Waals surface area contributed by atoms with E-state index in [1.165, 1.54) is 18.2 Å². The Morgan fingerprint density at radius 2 is 1.70 bits per heavy atom. The number of phenolic OH excluding ortho intramolecular Hbond substituents is 1. The molecule has 6 rings (SSSR count). The first-order valence-electron chi connectivity index (χ1n) is 16.3. The third-order valence-electron chi connectivity index (χ3n) is 9.27. The molecular formula is C36H39ClF2N4O6S. The summed E-state index contributed by atoms with van der Waals surface area (Å²) in [4.78, 5) is 35.0. The van der Waals surface area contributed by atoms with Crippen LogP contribution in [0.5, 0.6) is 5.75 Å². The second kappa shape index (κ2) is 12.5. The Kier molecular flexibility index (Phi) is 8.91. The molecular weight excluding hydrogens is 690 g/mol. The summed E-state index contributed by atoms with van der Waals surface area (Å²) in [6.45, 7) is 11.9. The Bertz CT molecular complexity index is 2200. The molecule has 0 saturated carbocycles. The number of amides is 1. The zero-order valence-corrected chi connectivity index (χ0v) is 30.4. The molecule has 0 aliphatic carbocycles. The van der Waals surface area contributed by atoms with E-state index in [1.54, 1.807) is 49.8 Å². The zero-order chi connectivity index (χ0) is 36.6. The number of fused-ring (bicyclic) bond motifs is 2. The van der Waals surface area contributed by atoms with Gasteiger partial charge in [-0.3, -0.25) is 14.3 Å². The molecule has 1 N–H and O–H groups in total. The minimum Gasteiger partial charge on any atom is -0.507 e. The molecule has 50 heavy (non-hydrogen) atoms. The normalized spacial score (nSPS) is 18.0. The molecule has 0 unspecified atom stereocenters. The molecule has 2 saturated heterocycles. The molecule has 10 nitrogen and oxygen atoms in total. The molecule has 2 aromatic carbocycles. The number of benzene rings is 2. The van der Waals surface area contributed by atoms with Gasteiger partial charge in [-0.05, 0) is 63.4 Å². The Labute approximate surface area is 294 Å². The van der Waals surface area contributed by atoms with Crippen LogP contribution in [0.4, 0.5) is 19.3 Å². The fraction of sp³-hybridized carbons (Fsp3) is 0.417. The third-order valence-corrected chi connectivity index (χ3v) is 10.7. The maximum absolute atomic E-state index is 17.4. The molecule has 4 heterocycles. The molecule has 0 radical (unpaired) electrons. The van der Waals surface area contributed by atoms with Crippen molar-refractivity contribution >= 4 is 44.1 Å². The van der Waals surface area contributed by atoms with Crippen molar-refractivity contribution in [2.75, 3.05) is 37.3 Å². The van der Waals surface area contributed by atoms with E-state index < -0.39 is 60.5 Å².